The van der Waals surface area contributed by atoms with Crippen LogP contribution in [0.3, 0.4) is 0 Å². The van der Waals surface area contributed by atoms with Crippen LogP contribution in [0.15, 0.2) is 18.2 Å². The van der Waals surface area contributed by atoms with E-state index in [9.17, 15) is 9.18 Å². The second kappa shape index (κ2) is 6.51. The van der Waals surface area contributed by atoms with Gasteiger partial charge in [-0.15, -0.1) is 0 Å². The van der Waals surface area contributed by atoms with Gasteiger partial charge in [0, 0.05) is 17.4 Å². The van der Waals surface area contributed by atoms with Crippen LogP contribution in [0.4, 0.5) is 4.39 Å². The van der Waals surface area contributed by atoms with E-state index in [1.807, 2.05) is 0 Å². The van der Waals surface area contributed by atoms with Gasteiger partial charge >= 0.3 is 0 Å². The fourth-order valence-electron chi connectivity index (χ4n) is 3.02. The highest BCUT2D eigenvalue weighted by Crippen LogP contribution is 2.32. The van der Waals surface area contributed by atoms with Crippen LogP contribution in [0.25, 0.3) is 0 Å². The third-order valence-corrected chi connectivity index (χ3v) is 4.29. The summed E-state index contributed by atoms with van der Waals surface area (Å²) in [7, 11) is 0. The van der Waals surface area contributed by atoms with Crippen LogP contribution < -0.4 is 0 Å². The van der Waals surface area contributed by atoms with Gasteiger partial charge in [0.25, 0.3) is 0 Å². The first kappa shape index (κ1) is 14.5. The lowest BCUT2D eigenvalue weighted by Gasteiger charge is -2.28. The number of Topliss-reactive ketones (excluding diaryl/α,β-unsaturated/α-hetero) is 1. The van der Waals surface area contributed by atoms with Crippen molar-refractivity contribution in [2.24, 2.45) is 11.8 Å². The molecule has 1 aromatic carbocycles. The Labute approximate surface area is 119 Å². The molecule has 1 aromatic rings. The van der Waals surface area contributed by atoms with Crippen LogP contribution in [0.2, 0.25) is 5.02 Å². The van der Waals surface area contributed by atoms with Crippen LogP contribution in [0.5, 0.6) is 0 Å². The van der Waals surface area contributed by atoms with Crippen LogP contribution >= 0.6 is 11.6 Å². The monoisotopic (exact) mass is 282 g/mol. The summed E-state index contributed by atoms with van der Waals surface area (Å²) in [5, 5.41) is 0.403. The van der Waals surface area contributed by atoms with Gasteiger partial charge in [0.15, 0.2) is 0 Å². The van der Waals surface area contributed by atoms with Gasteiger partial charge in [-0.25, -0.2) is 4.39 Å². The molecule has 104 valence electrons. The minimum Gasteiger partial charge on any atom is -0.299 e. The van der Waals surface area contributed by atoms with Crippen LogP contribution in [-0.4, -0.2) is 5.78 Å². The number of rotatable bonds is 4. The summed E-state index contributed by atoms with van der Waals surface area (Å²) < 4.78 is 13.8. The van der Waals surface area contributed by atoms with E-state index in [1.54, 1.807) is 12.1 Å². The van der Waals surface area contributed by atoms with Gasteiger partial charge in [-0.1, -0.05) is 37.4 Å². The number of hydrogen-bond acceptors (Lipinski definition) is 1. The fourth-order valence-corrected chi connectivity index (χ4v) is 3.18. The largest absolute Gasteiger partial charge is 0.299 e. The Balaban J connectivity index is 2.05. The fraction of sp³-hybridized carbons (Fsp3) is 0.562. The molecule has 0 amide bonds. The van der Waals surface area contributed by atoms with Gasteiger partial charge in [-0.05, 0) is 42.9 Å². The molecule has 0 heterocycles. The average molecular weight is 283 g/mol. The van der Waals surface area contributed by atoms with Crippen LogP contribution in [0.1, 0.15) is 44.6 Å². The molecule has 0 saturated heterocycles. The molecule has 0 aromatic heterocycles. The molecule has 2 unspecified atom stereocenters. The minimum atomic E-state index is -0.294. The predicted octanol–water partition coefficient (Wildman–Crippen LogP) is 4.81. The summed E-state index contributed by atoms with van der Waals surface area (Å²) in [5.41, 5.74) is 0.611. The molecule has 3 heteroatoms. The molecule has 1 aliphatic carbocycles. The number of hydrogen-bond donors (Lipinski definition) is 0. The zero-order valence-electron chi connectivity index (χ0n) is 11.3. The van der Waals surface area contributed by atoms with E-state index in [0.717, 1.165) is 19.3 Å². The van der Waals surface area contributed by atoms with Gasteiger partial charge in [0.1, 0.15) is 11.6 Å². The molecular formula is C16H20ClFO. The summed E-state index contributed by atoms with van der Waals surface area (Å²) in [6.45, 7) is 2.17. The van der Waals surface area contributed by atoms with E-state index in [4.69, 9.17) is 11.6 Å². The smallest absolute Gasteiger partial charge is 0.136 e. The lowest BCUT2D eigenvalue weighted by molar-refractivity contribution is -0.125. The Bertz CT molecular complexity index is 458. The van der Waals surface area contributed by atoms with Crippen LogP contribution in [-0.2, 0) is 11.2 Å². The SMILES string of the molecule is CCCC1CCC(=O)C(Cc2ccc(Cl)cc2F)C1. The third-order valence-electron chi connectivity index (χ3n) is 4.05. The highest BCUT2D eigenvalue weighted by molar-refractivity contribution is 6.30. The first-order valence-corrected chi connectivity index (χ1v) is 7.44. The summed E-state index contributed by atoms with van der Waals surface area (Å²) in [6.07, 6.45) is 5.42. The first-order chi connectivity index (χ1) is 9.10. The van der Waals surface area contributed by atoms with Gasteiger partial charge in [0.05, 0.1) is 0 Å². The lowest BCUT2D eigenvalue weighted by atomic mass is 9.76. The van der Waals surface area contributed by atoms with E-state index in [2.05, 4.69) is 6.92 Å². The number of benzene rings is 1. The van der Waals surface area contributed by atoms with Crippen molar-refractivity contribution in [2.45, 2.75) is 45.4 Å². The van der Waals surface area contributed by atoms with E-state index < -0.39 is 0 Å². The normalized spacial score (nSPS) is 23.6. The average Bonchev–Trinajstić information content (AvgIpc) is 2.37. The summed E-state index contributed by atoms with van der Waals surface area (Å²) >= 11 is 5.75. The van der Waals surface area contributed by atoms with Crippen molar-refractivity contribution in [1.29, 1.82) is 0 Å². The predicted molar refractivity (Wildman–Crippen MR) is 75.9 cm³/mol. The summed E-state index contributed by atoms with van der Waals surface area (Å²) in [6, 6.07) is 4.72. The molecule has 0 spiro atoms. The molecule has 0 radical (unpaired) electrons. The summed E-state index contributed by atoms with van der Waals surface area (Å²) in [5.74, 6) is 0.614. The van der Waals surface area contributed by atoms with Gasteiger partial charge in [-0.3, -0.25) is 4.79 Å². The molecule has 1 fully saturated rings. The van der Waals surface area contributed by atoms with Crippen molar-refractivity contribution in [3.8, 4) is 0 Å². The number of ketones is 1. The molecule has 1 aliphatic rings. The number of halogens is 2. The highest BCUT2D eigenvalue weighted by atomic mass is 35.5. The van der Waals surface area contributed by atoms with Gasteiger partial charge < -0.3 is 0 Å². The lowest BCUT2D eigenvalue weighted by Crippen LogP contribution is -2.26. The molecule has 1 saturated carbocycles. The second-order valence-electron chi connectivity index (χ2n) is 5.53. The van der Waals surface area contributed by atoms with E-state index in [0.29, 0.717) is 35.1 Å². The molecule has 0 N–H and O–H groups in total. The van der Waals surface area contributed by atoms with Gasteiger partial charge in [0.2, 0.25) is 0 Å². The highest BCUT2D eigenvalue weighted by Gasteiger charge is 2.28. The maximum atomic E-state index is 13.8. The number of carbonyl (C=O) groups is 1. The zero-order valence-corrected chi connectivity index (χ0v) is 12.0. The maximum Gasteiger partial charge on any atom is 0.136 e. The van der Waals surface area contributed by atoms with Crippen molar-refractivity contribution >= 4 is 17.4 Å². The Hall–Kier alpha value is -0.890. The van der Waals surface area contributed by atoms with E-state index in [1.165, 1.54) is 12.5 Å². The molecule has 19 heavy (non-hydrogen) atoms. The Morgan fingerprint density at radius 2 is 2.21 bits per heavy atom. The Morgan fingerprint density at radius 3 is 2.89 bits per heavy atom. The molecule has 0 bridgehead atoms. The molecule has 1 nitrogen and oxygen atoms in total. The standard InChI is InChI=1S/C16H20ClFO/c1-2-3-11-4-7-16(19)13(8-11)9-12-5-6-14(17)10-15(12)18/h5-6,10-11,13H,2-4,7-9H2,1H3. The second-order valence-corrected chi connectivity index (χ2v) is 5.97. The number of carbonyl (C=O) groups excluding carboxylic acids is 1. The molecule has 0 aliphatic heterocycles. The van der Waals surface area contributed by atoms with Crippen molar-refractivity contribution in [3.63, 3.8) is 0 Å². The quantitative estimate of drug-likeness (QED) is 0.775. The van der Waals surface area contributed by atoms with Crippen LogP contribution in [0, 0.1) is 17.7 Å². The molecule has 2 rings (SSSR count). The minimum absolute atomic E-state index is 0.0130. The summed E-state index contributed by atoms with van der Waals surface area (Å²) in [4.78, 5) is 12.0. The van der Waals surface area contributed by atoms with Crippen molar-refractivity contribution in [3.05, 3.63) is 34.6 Å². The maximum absolute atomic E-state index is 13.8. The zero-order chi connectivity index (χ0) is 13.8. The van der Waals surface area contributed by atoms with Crippen molar-refractivity contribution < 1.29 is 9.18 Å². The van der Waals surface area contributed by atoms with E-state index >= 15 is 0 Å². The van der Waals surface area contributed by atoms with Crippen molar-refractivity contribution in [1.82, 2.24) is 0 Å². The third kappa shape index (κ3) is 3.79. The topological polar surface area (TPSA) is 17.1 Å². The Kier molecular flexibility index (Phi) is 4.98. The first-order valence-electron chi connectivity index (χ1n) is 7.06. The molecule has 2 atom stereocenters. The van der Waals surface area contributed by atoms with E-state index in [-0.39, 0.29) is 11.7 Å². The Morgan fingerprint density at radius 1 is 1.42 bits per heavy atom. The molecular weight excluding hydrogens is 263 g/mol. The van der Waals surface area contributed by atoms with Crippen molar-refractivity contribution in [2.75, 3.05) is 0 Å². The van der Waals surface area contributed by atoms with Gasteiger partial charge in [-0.2, -0.15) is 0 Å².